The summed E-state index contributed by atoms with van der Waals surface area (Å²) in [5.41, 5.74) is 0.964. The molecule has 2 aromatic heterocycles. The number of nitrogens with zero attached hydrogens (tertiary/aromatic N) is 1. The first kappa shape index (κ1) is 10.1. The van der Waals surface area contributed by atoms with E-state index in [1.54, 1.807) is 12.5 Å². The van der Waals surface area contributed by atoms with Gasteiger partial charge in [0.2, 0.25) is 0 Å². The standard InChI is InChI=1S/C9H8N2O.C2H4/c1-2-9(12-7-1)4-3-8-5-6-10-11-8;1-2/h1-7H,(H,10,11);1-2H2/b4-3+;. The van der Waals surface area contributed by atoms with Gasteiger partial charge in [0.15, 0.2) is 0 Å². The van der Waals surface area contributed by atoms with E-state index in [0.29, 0.717) is 0 Å². The van der Waals surface area contributed by atoms with Crippen molar-refractivity contribution in [3.05, 3.63) is 55.3 Å². The molecule has 0 unspecified atom stereocenters. The molecule has 0 aliphatic rings. The Kier molecular flexibility index (Phi) is 4.01. The Bertz CT molecular complexity index is 324. The van der Waals surface area contributed by atoms with Crippen molar-refractivity contribution in [2.75, 3.05) is 0 Å². The molecule has 0 saturated carbocycles. The molecule has 0 atom stereocenters. The lowest BCUT2D eigenvalue weighted by Crippen LogP contribution is -1.69. The SMILES string of the molecule is C(=C\c1ccco1)/c1ccn[nH]1.C=C. The molecule has 0 spiro atoms. The maximum absolute atomic E-state index is 5.11. The second kappa shape index (κ2) is 5.59. The number of hydrogen-bond acceptors (Lipinski definition) is 2. The Labute approximate surface area is 82.8 Å². The third kappa shape index (κ3) is 2.79. The zero-order valence-electron chi connectivity index (χ0n) is 7.81. The fourth-order valence-electron chi connectivity index (χ4n) is 0.917. The van der Waals surface area contributed by atoms with Gasteiger partial charge in [0.25, 0.3) is 0 Å². The predicted octanol–water partition coefficient (Wildman–Crippen LogP) is 2.98. The predicted molar refractivity (Wildman–Crippen MR) is 57.5 cm³/mol. The van der Waals surface area contributed by atoms with Crippen LogP contribution in [0.1, 0.15) is 11.5 Å². The molecule has 14 heavy (non-hydrogen) atoms. The van der Waals surface area contributed by atoms with E-state index in [1.807, 2.05) is 30.4 Å². The van der Waals surface area contributed by atoms with Crippen molar-refractivity contribution in [2.24, 2.45) is 0 Å². The van der Waals surface area contributed by atoms with Crippen molar-refractivity contribution in [1.82, 2.24) is 10.2 Å². The van der Waals surface area contributed by atoms with Crippen LogP contribution in [0.3, 0.4) is 0 Å². The Morgan fingerprint density at radius 2 is 2.14 bits per heavy atom. The third-order valence-corrected chi connectivity index (χ3v) is 1.49. The van der Waals surface area contributed by atoms with E-state index in [-0.39, 0.29) is 0 Å². The monoisotopic (exact) mass is 188 g/mol. The average molecular weight is 188 g/mol. The fraction of sp³-hybridized carbons (Fsp3) is 0. The van der Waals surface area contributed by atoms with E-state index >= 15 is 0 Å². The summed E-state index contributed by atoms with van der Waals surface area (Å²) in [5.74, 6) is 0.838. The van der Waals surface area contributed by atoms with Gasteiger partial charge in [-0.15, -0.1) is 13.2 Å². The van der Waals surface area contributed by atoms with Crippen LogP contribution in [0.15, 0.2) is 48.2 Å². The van der Waals surface area contributed by atoms with Crippen LogP contribution in [0, 0.1) is 0 Å². The van der Waals surface area contributed by atoms with Crippen LogP contribution in [0.5, 0.6) is 0 Å². The molecule has 2 heterocycles. The maximum Gasteiger partial charge on any atom is 0.126 e. The van der Waals surface area contributed by atoms with Gasteiger partial charge < -0.3 is 4.42 Å². The highest BCUT2D eigenvalue weighted by Gasteiger charge is 1.88. The lowest BCUT2D eigenvalue weighted by Gasteiger charge is -1.82. The summed E-state index contributed by atoms with van der Waals surface area (Å²) in [5, 5.41) is 6.64. The number of furan rings is 1. The number of nitrogens with one attached hydrogen (secondary N) is 1. The molecule has 0 amide bonds. The van der Waals surface area contributed by atoms with Gasteiger partial charge in [0.05, 0.1) is 12.0 Å². The molecule has 3 nitrogen and oxygen atoms in total. The zero-order valence-corrected chi connectivity index (χ0v) is 7.81. The van der Waals surface area contributed by atoms with Crippen LogP contribution in [-0.2, 0) is 0 Å². The Hall–Kier alpha value is -2.03. The first-order chi connectivity index (χ1) is 6.95. The van der Waals surface area contributed by atoms with Gasteiger partial charge in [0.1, 0.15) is 5.76 Å². The second-order valence-corrected chi connectivity index (χ2v) is 2.36. The molecule has 0 aliphatic carbocycles. The van der Waals surface area contributed by atoms with Gasteiger partial charge in [-0.1, -0.05) is 0 Å². The largest absolute Gasteiger partial charge is 0.465 e. The number of rotatable bonds is 2. The smallest absolute Gasteiger partial charge is 0.126 e. The van der Waals surface area contributed by atoms with E-state index in [2.05, 4.69) is 23.4 Å². The van der Waals surface area contributed by atoms with Crippen molar-refractivity contribution < 1.29 is 4.42 Å². The lowest BCUT2D eigenvalue weighted by molar-refractivity contribution is 0.557. The van der Waals surface area contributed by atoms with Crippen molar-refractivity contribution in [3.63, 3.8) is 0 Å². The molecule has 2 aromatic rings. The number of aromatic nitrogens is 2. The summed E-state index contributed by atoms with van der Waals surface area (Å²) in [7, 11) is 0. The second-order valence-electron chi connectivity index (χ2n) is 2.36. The van der Waals surface area contributed by atoms with E-state index in [9.17, 15) is 0 Å². The number of aromatic amines is 1. The minimum Gasteiger partial charge on any atom is -0.465 e. The average Bonchev–Trinajstić information content (AvgIpc) is 2.91. The molecule has 1 N–H and O–H groups in total. The molecule has 0 aliphatic heterocycles. The highest BCUT2D eigenvalue weighted by atomic mass is 16.3. The molecule has 0 aromatic carbocycles. The van der Waals surface area contributed by atoms with Crippen LogP contribution in [-0.4, -0.2) is 10.2 Å². The topological polar surface area (TPSA) is 41.8 Å². The number of H-pyrrole nitrogens is 1. The van der Waals surface area contributed by atoms with Crippen LogP contribution in [0.2, 0.25) is 0 Å². The van der Waals surface area contributed by atoms with Crippen molar-refractivity contribution in [3.8, 4) is 0 Å². The van der Waals surface area contributed by atoms with E-state index in [1.165, 1.54) is 0 Å². The first-order valence-corrected chi connectivity index (χ1v) is 4.16. The van der Waals surface area contributed by atoms with Gasteiger partial charge in [-0.25, -0.2) is 0 Å². The summed E-state index contributed by atoms with van der Waals surface area (Å²) >= 11 is 0. The summed E-state index contributed by atoms with van der Waals surface area (Å²) in [4.78, 5) is 0. The number of hydrogen-bond donors (Lipinski definition) is 1. The Morgan fingerprint density at radius 3 is 2.71 bits per heavy atom. The van der Waals surface area contributed by atoms with Crippen molar-refractivity contribution in [1.29, 1.82) is 0 Å². The summed E-state index contributed by atoms with van der Waals surface area (Å²) < 4.78 is 5.11. The van der Waals surface area contributed by atoms with E-state index < -0.39 is 0 Å². The van der Waals surface area contributed by atoms with Crippen molar-refractivity contribution >= 4 is 12.2 Å². The highest BCUT2D eigenvalue weighted by molar-refractivity contribution is 5.64. The van der Waals surface area contributed by atoms with Crippen LogP contribution >= 0.6 is 0 Å². The highest BCUT2D eigenvalue weighted by Crippen LogP contribution is 2.05. The molecule has 0 bridgehead atoms. The minimum absolute atomic E-state index is 0.838. The van der Waals surface area contributed by atoms with Gasteiger partial charge in [-0.3, -0.25) is 5.10 Å². The van der Waals surface area contributed by atoms with Crippen molar-refractivity contribution in [2.45, 2.75) is 0 Å². The molecule has 0 saturated heterocycles. The quantitative estimate of drug-likeness (QED) is 0.736. The molecule has 2 rings (SSSR count). The van der Waals surface area contributed by atoms with Gasteiger partial charge in [-0.2, -0.15) is 5.10 Å². The molecule has 72 valence electrons. The van der Waals surface area contributed by atoms with Crippen LogP contribution in [0.25, 0.3) is 12.2 Å². The van der Waals surface area contributed by atoms with Crippen LogP contribution < -0.4 is 0 Å². The molecule has 3 heteroatoms. The minimum atomic E-state index is 0.838. The lowest BCUT2D eigenvalue weighted by atomic mass is 10.3. The summed E-state index contributed by atoms with van der Waals surface area (Å²) in [6.45, 7) is 6.00. The molecule has 0 fully saturated rings. The maximum atomic E-state index is 5.11. The van der Waals surface area contributed by atoms with Crippen LogP contribution in [0.4, 0.5) is 0 Å². The molecular weight excluding hydrogens is 176 g/mol. The Morgan fingerprint density at radius 1 is 1.29 bits per heavy atom. The van der Waals surface area contributed by atoms with E-state index in [4.69, 9.17) is 4.42 Å². The van der Waals surface area contributed by atoms with Gasteiger partial charge in [-0.05, 0) is 30.4 Å². The molecular formula is C11H12N2O. The summed E-state index contributed by atoms with van der Waals surface area (Å²) in [6, 6.07) is 5.64. The summed E-state index contributed by atoms with van der Waals surface area (Å²) in [6.07, 6.45) is 7.15. The van der Waals surface area contributed by atoms with Gasteiger partial charge in [0, 0.05) is 6.20 Å². The first-order valence-electron chi connectivity index (χ1n) is 4.16. The Balaban J connectivity index is 0.000000461. The van der Waals surface area contributed by atoms with E-state index in [0.717, 1.165) is 11.5 Å². The molecule has 0 radical (unpaired) electrons. The third-order valence-electron chi connectivity index (χ3n) is 1.49. The zero-order chi connectivity index (χ0) is 10.2. The fourth-order valence-corrected chi connectivity index (χ4v) is 0.917. The normalized spacial score (nSPS) is 9.71. The van der Waals surface area contributed by atoms with Gasteiger partial charge >= 0.3 is 0 Å².